The normalized spacial score (nSPS) is 18.9. The molecule has 0 spiro atoms. The highest BCUT2D eigenvalue weighted by Crippen LogP contribution is 2.37. The summed E-state index contributed by atoms with van der Waals surface area (Å²) in [6.07, 6.45) is 10.7. The highest BCUT2D eigenvalue weighted by Gasteiger charge is 2.29. The Morgan fingerprint density at radius 2 is 2.06 bits per heavy atom. The van der Waals surface area contributed by atoms with Gasteiger partial charge in [0.2, 0.25) is 0 Å². The van der Waals surface area contributed by atoms with E-state index in [0.717, 1.165) is 31.8 Å². The molecule has 3 nitrogen and oxygen atoms in total. The monoisotopic (exact) mass is 250 g/mol. The fourth-order valence-corrected chi connectivity index (χ4v) is 3.00. The van der Waals surface area contributed by atoms with E-state index in [2.05, 4.69) is 5.32 Å². The van der Waals surface area contributed by atoms with E-state index in [1.165, 1.54) is 38.5 Å². The van der Waals surface area contributed by atoms with Crippen LogP contribution in [0.5, 0.6) is 0 Å². The minimum absolute atomic E-state index is 0.427. The fourth-order valence-electron chi connectivity index (χ4n) is 3.00. The predicted octanol–water partition coefficient (Wildman–Crippen LogP) is 2.71. The molecule has 1 fully saturated rings. The highest BCUT2D eigenvalue weighted by molar-refractivity contribution is 4.98. The van der Waals surface area contributed by atoms with Crippen molar-refractivity contribution in [1.82, 2.24) is 5.32 Å². The van der Waals surface area contributed by atoms with Crippen LogP contribution >= 0.6 is 0 Å². The quantitative estimate of drug-likeness (QED) is 0.732. The van der Waals surface area contributed by atoms with Crippen LogP contribution in [0.2, 0.25) is 0 Å². The Kier molecular flexibility index (Phi) is 5.26. The molecule has 18 heavy (non-hydrogen) atoms. The summed E-state index contributed by atoms with van der Waals surface area (Å²) in [6, 6.07) is 3.98. The van der Waals surface area contributed by atoms with Crippen LogP contribution in [0.4, 0.5) is 0 Å². The number of hydrogen-bond donors (Lipinski definition) is 2. The number of nitrogens with one attached hydrogen (secondary N) is 1. The van der Waals surface area contributed by atoms with Crippen molar-refractivity contribution in [1.29, 1.82) is 0 Å². The van der Waals surface area contributed by atoms with Crippen molar-refractivity contribution < 1.29 is 4.42 Å². The van der Waals surface area contributed by atoms with Gasteiger partial charge in [-0.05, 0) is 49.9 Å². The van der Waals surface area contributed by atoms with Gasteiger partial charge < -0.3 is 15.5 Å². The third-order valence-corrected chi connectivity index (χ3v) is 4.31. The molecule has 1 saturated carbocycles. The molecule has 0 saturated heterocycles. The first-order valence-electron chi connectivity index (χ1n) is 7.28. The summed E-state index contributed by atoms with van der Waals surface area (Å²) in [6.45, 7) is 2.93. The van der Waals surface area contributed by atoms with Crippen LogP contribution in [0.1, 0.15) is 44.3 Å². The van der Waals surface area contributed by atoms with Crippen LogP contribution in [-0.2, 0) is 6.42 Å². The first kappa shape index (κ1) is 13.6. The van der Waals surface area contributed by atoms with E-state index < -0.39 is 0 Å². The van der Waals surface area contributed by atoms with Crippen molar-refractivity contribution >= 4 is 0 Å². The number of rotatable bonds is 7. The Labute approximate surface area is 110 Å². The van der Waals surface area contributed by atoms with E-state index in [9.17, 15) is 0 Å². The molecule has 0 bridgehead atoms. The molecule has 0 amide bonds. The molecule has 0 aliphatic heterocycles. The van der Waals surface area contributed by atoms with Crippen molar-refractivity contribution in [3.05, 3.63) is 24.2 Å². The molecule has 1 aromatic heterocycles. The minimum atomic E-state index is 0.427. The summed E-state index contributed by atoms with van der Waals surface area (Å²) in [5, 5.41) is 3.51. The van der Waals surface area contributed by atoms with Gasteiger partial charge in [0.05, 0.1) is 6.26 Å². The fraction of sp³-hybridized carbons (Fsp3) is 0.733. The predicted molar refractivity (Wildman–Crippen MR) is 74.5 cm³/mol. The summed E-state index contributed by atoms with van der Waals surface area (Å²) in [7, 11) is 0. The van der Waals surface area contributed by atoms with Crippen LogP contribution in [0, 0.1) is 5.41 Å². The topological polar surface area (TPSA) is 51.2 Å². The molecular formula is C15H26N2O. The van der Waals surface area contributed by atoms with Crippen LogP contribution in [0.3, 0.4) is 0 Å². The molecule has 3 heteroatoms. The summed E-state index contributed by atoms with van der Waals surface area (Å²) in [5.74, 6) is 1.06. The maximum absolute atomic E-state index is 5.99. The van der Waals surface area contributed by atoms with Gasteiger partial charge in [-0.1, -0.05) is 19.3 Å². The lowest BCUT2D eigenvalue weighted by molar-refractivity contribution is 0.181. The lowest BCUT2D eigenvalue weighted by Gasteiger charge is -2.36. The number of nitrogens with two attached hydrogens (primary N) is 1. The van der Waals surface area contributed by atoms with E-state index in [4.69, 9.17) is 10.2 Å². The smallest absolute Gasteiger partial charge is 0.105 e. The van der Waals surface area contributed by atoms with Gasteiger partial charge in [-0.15, -0.1) is 0 Å². The molecule has 1 heterocycles. The zero-order valence-electron chi connectivity index (χ0n) is 11.3. The third kappa shape index (κ3) is 3.85. The summed E-state index contributed by atoms with van der Waals surface area (Å²) < 4.78 is 5.31. The average Bonchev–Trinajstić information content (AvgIpc) is 2.93. The van der Waals surface area contributed by atoms with E-state index in [-0.39, 0.29) is 0 Å². The Bertz CT molecular complexity index is 315. The van der Waals surface area contributed by atoms with Crippen molar-refractivity contribution in [2.45, 2.75) is 44.9 Å². The molecule has 2 rings (SSSR count). The second-order valence-electron chi connectivity index (χ2n) is 5.59. The third-order valence-electron chi connectivity index (χ3n) is 4.31. The van der Waals surface area contributed by atoms with Crippen molar-refractivity contribution in [2.24, 2.45) is 11.1 Å². The lowest BCUT2D eigenvalue weighted by atomic mass is 9.72. The first-order chi connectivity index (χ1) is 8.85. The summed E-state index contributed by atoms with van der Waals surface area (Å²) in [5.41, 5.74) is 6.41. The average molecular weight is 250 g/mol. The first-order valence-corrected chi connectivity index (χ1v) is 7.28. The van der Waals surface area contributed by atoms with Gasteiger partial charge in [0.15, 0.2) is 0 Å². The Hall–Kier alpha value is -0.800. The molecule has 0 radical (unpaired) electrons. The van der Waals surface area contributed by atoms with Crippen LogP contribution in [0.25, 0.3) is 0 Å². The van der Waals surface area contributed by atoms with Crippen LogP contribution < -0.4 is 11.1 Å². The number of furan rings is 1. The van der Waals surface area contributed by atoms with Crippen molar-refractivity contribution in [2.75, 3.05) is 19.6 Å². The zero-order chi connectivity index (χ0) is 12.7. The SMILES string of the molecule is NCC1(CCNCCc2ccco2)CCCCC1. The second kappa shape index (κ2) is 6.95. The zero-order valence-corrected chi connectivity index (χ0v) is 11.3. The maximum Gasteiger partial charge on any atom is 0.105 e. The molecule has 1 aliphatic carbocycles. The van der Waals surface area contributed by atoms with E-state index >= 15 is 0 Å². The molecule has 102 valence electrons. The van der Waals surface area contributed by atoms with Gasteiger partial charge in [-0.25, -0.2) is 0 Å². The van der Waals surface area contributed by atoms with Gasteiger partial charge in [-0.3, -0.25) is 0 Å². The van der Waals surface area contributed by atoms with E-state index in [0.29, 0.717) is 5.41 Å². The van der Waals surface area contributed by atoms with Crippen LogP contribution in [-0.4, -0.2) is 19.6 Å². The minimum Gasteiger partial charge on any atom is -0.469 e. The number of hydrogen-bond acceptors (Lipinski definition) is 3. The van der Waals surface area contributed by atoms with Crippen LogP contribution in [0.15, 0.2) is 22.8 Å². The lowest BCUT2D eigenvalue weighted by Crippen LogP contribution is -2.36. The Balaban J connectivity index is 1.61. The molecule has 0 unspecified atom stereocenters. The Morgan fingerprint density at radius 3 is 2.72 bits per heavy atom. The molecule has 1 aliphatic rings. The van der Waals surface area contributed by atoms with Gasteiger partial charge in [0.25, 0.3) is 0 Å². The van der Waals surface area contributed by atoms with E-state index in [1.807, 2.05) is 12.1 Å². The highest BCUT2D eigenvalue weighted by atomic mass is 16.3. The van der Waals surface area contributed by atoms with Gasteiger partial charge in [-0.2, -0.15) is 0 Å². The molecule has 1 aromatic rings. The molecular weight excluding hydrogens is 224 g/mol. The van der Waals surface area contributed by atoms with E-state index in [1.54, 1.807) is 6.26 Å². The Morgan fingerprint density at radius 1 is 1.22 bits per heavy atom. The molecule has 3 N–H and O–H groups in total. The standard InChI is InChI=1S/C15H26N2O/c16-13-15(7-2-1-3-8-15)9-11-17-10-6-14-5-4-12-18-14/h4-5,12,17H,1-3,6-11,13,16H2. The molecule has 0 aromatic carbocycles. The van der Waals surface area contributed by atoms with Crippen molar-refractivity contribution in [3.63, 3.8) is 0 Å². The second-order valence-corrected chi connectivity index (χ2v) is 5.59. The largest absolute Gasteiger partial charge is 0.469 e. The van der Waals surface area contributed by atoms with Gasteiger partial charge in [0, 0.05) is 13.0 Å². The summed E-state index contributed by atoms with van der Waals surface area (Å²) >= 11 is 0. The van der Waals surface area contributed by atoms with Gasteiger partial charge in [0.1, 0.15) is 5.76 Å². The van der Waals surface area contributed by atoms with Gasteiger partial charge >= 0.3 is 0 Å². The summed E-state index contributed by atoms with van der Waals surface area (Å²) in [4.78, 5) is 0. The van der Waals surface area contributed by atoms with Crippen molar-refractivity contribution in [3.8, 4) is 0 Å². The maximum atomic E-state index is 5.99. The molecule has 0 atom stereocenters.